The summed E-state index contributed by atoms with van der Waals surface area (Å²) in [6, 6.07) is 14.7. The van der Waals surface area contributed by atoms with Crippen LogP contribution in [-0.4, -0.2) is 79.4 Å². The van der Waals surface area contributed by atoms with E-state index < -0.39 is 11.2 Å². The number of pyridine rings is 2. The monoisotopic (exact) mass is 532 g/mol. The number of fused-ring (bicyclic) bond motifs is 1. The molecule has 1 aliphatic rings. The van der Waals surface area contributed by atoms with Crippen LogP contribution in [0.5, 0.6) is 0 Å². The van der Waals surface area contributed by atoms with Crippen molar-refractivity contribution in [2.45, 2.75) is 31.1 Å². The first-order valence-corrected chi connectivity index (χ1v) is 13.9. The molecule has 0 amide bonds. The number of aliphatic hydroxyl groups is 1. The number of aliphatic hydroxyl groups excluding tert-OH is 1. The minimum absolute atomic E-state index is 0.108. The number of thioether (sulfide) groups is 1. The molecule has 4 heterocycles. The highest BCUT2D eigenvalue weighted by atomic mass is 32.2. The molecule has 1 saturated heterocycles. The Labute approximate surface area is 225 Å². The van der Waals surface area contributed by atoms with Crippen molar-refractivity contribution < 1.29 is 15.0 Å². The summed E-state index contributed by atoms with van der Waals surface area (Å²) in [5.41, 5.74) is 6.62. The lowest BCUT2D eigenvalue weighted by Crippen LogP contribution is -2.34. The predicted molar refractivity (Wildman–Crippen MR) is 151 cm³/mol. The quantitative estimate of drug-likeness (QED) is 0.214. The molecule has 1 fully saturated rings. The number of anilines is 1. The number of carboxylic acids is 1. The van der Waals surface area contributed by atoms with Crippen LogP contribution in [-0.2, 0) is 4.79 Å². The van der Waals surface area contributed by atoms with Crippen LogP contribution in [0.15, 0.2) is 55.0 Å². The first-order chi connectivity index (χ1) is 18.5. The number of H-pyrrole nitrogens is 1. The lowest BCUT2D eigenvalue weighted by molar-refractivity contribution is -0.136. The van der Waals surface area contributed by atoms with E-state index in [1.807, 2.05) is 43.5 Å². The molecule has 2 unspecified atom stereocenters. The fourth-order valence-corrected chi connectivity index (χ4v) is 5.79. The highest BCUT2D eigenvalue weighted by Crippen LogP contribution is 2.31. The van der Waals surface area contributed by atoms with Gasteiger partial charge in [0.2, 0.25) is 0 Å². The molecule has 9 nitrogen and oxygen atoms in total. The van der Waals surface area contributed by atoms with Gasteiger partial charge in [0.15, 0.2) is 0 Å². The number of nitrogens with zero attached hydrogens (tertiary/aromatic N) is 4. The molecule has 1 aromatic carbocycles. The molecule has 10 heteroatoms. The number of carboxylic acid groups (broad SMARTS) is 1. The molecule has 38 heavy (non-hydrogen) atoms. The molecule has 1 aliphatic heterocycles. The highest BCUT2D eigenvalue weighted by Gasteiger charge is 2.23. The molecule has 4 N–H and O–H groups in total. The maximum Gasteiger partial charge on any atom is 0.316 e. The zero-order chi connectivity index (χ0) is 26.5. The molecule has 3 aromatic heterocycles. The summed E-state index contributed by atoms with van der Waals surface area (Å²) in [4.78, 5) is 30.8. The third kappa shape index (κ3) is 5.98. The average molecular weight is 533 g/mol. The van der Waals surface area contributed by atoms with Gasteiger partial charge >= 0.3 is 5.97 Å². The molecule has 0 spiro atoms. The van der Waals surface area contributed by atoms with Crippen LogP contribution in [0.2, 0.25) is 0 Å². The molecule has 4 aromatic rings. The number of aliphatic carboxylic acids is 1. The van der Waals surface area contributed by atoms with Gasteiger partial charge in [-0.05, 0) is 50.1 Å². The zero-order valence-corrected chi connectivity index (χ0v) is 22.1. The van der Waals surface area contributed by atoms with Gasteiger partial charge in [0.1, 0.15) is 5.25 Å². The van der Waals surface area contributed by atoms with E-state index in [0.717, 1.165) is 71.0 Å². The normalized spacial score (nSPS) is 16.3. The maximum absolute atomic E-state index is 11.2. The van der Waals surface area contributed by atoms with E-state index in [1.54, 1.807) is 6.33 Å². The predicted octanol–water partition coefficient (Wildman–Crippen LogP) is 3.73. The minimum Gasteiger partial charge on any atom is -0.480 e. The van der Waals surface area contributed by atoms with Crippen molar-refractivity contribution in [2.24, 2.45) is 0 Å². The molecular weight excluding hydrogens is 500 g/mol. The van der Waals surface area contributed by atoms with Gasteiger partial charge in [0.25, 0.3) is 0 Å². The van der Waals surface area contributed by atoms with E-state index in [0.29, 0.717) is 11.8 Å². The Balaban J connectivity index is 1.25. The van der Waals surface area contributed by atoms with Gasteiger partial charge in [-0.1, -0.05) is 12.1 Å². The highest BCUT2D eigenvalue weighted by molar-refractivity contribution is 8.00. The third-order valence-corrected chi connectivity index (χ3v) is 8.08. The van der Waals surface area contributed by atoms with Crippen molar-refractivity contribution in [2.75, 3.05) is 36.9 Å². The number of carbonyl (C=O) groups is 1. The fraction of sp³-hybridized carbons (Fsp3) is 0.357. The molecule has 0 aliphatic carbocycles. The smallest absolute Gasteiger partial charge is 0.316 e. The summed E-state index contributed by atoms with van der Waals surface area (Å²) in [5.74, 6) is -0.167. The largest absolute Gasteiger partial charge is 0.480 e. The molecule has 0 saturated carbocycles. The van der Waals surface area contributed by atoms with Crippen LogP contribution in [0.25, 0.3) is 33.5 Å². The van der Waals surface area contributed by atoms with Crippen LogP contribution in [0.1, 0.15) is 18.5 Å². The first kappa shape index (κ1) is 26.1. The molecule has 198 valence electrons. The number of rotatable bonds is 11. The average Bonchev–Trinajstić information content (AvgIpc) is 3.60. The van der Waals surface area contributed by atoms with Gasteiger partial charge in [-0.3, -0.25) is 14.8 Å². The SMILES string of the molecule is Cc1cccc(-c2[nH]cnc2-c2ccc3ncc(N4CCC(NCCSC(CCO)C(=O)O)C4)cc3c2)n1. The topological polar surface area (TPSA) is 127 Å². The van der Waals surface area contributed by atoms with Gasteiger partial charge in [0, 0.05) is 54.7 Å². The van der Waals surface area contributed by atoms with Crippen molar-refractivity contribution >= 4 is 34.3 Å². The van der Waals surface area contributed by atoms with Crippen molar-refractivity contribution in [1.29, 1.82) is 0 Å². The summed E-state index contributed by atoms with van der Waals surface area (Å²) in [7, 11) is 0. The number of aromatic nitrogens is 4. The second-order valence-corrected chi connectivity index (χ2v) is 10.8. The van der Waals surface area contributed by atoms with Crippen LogP contribution in [0, 0.1) is 6.92 Å². The Kier molecular flexibility index (Phi) is 8.21. The lowest BCUT2D eigenvalue weighted by atomic mass is 10.0. The number of hydrogen-bond donors (Lipinski definition) is 4. The number of benzene rings is 1. The summed E-state index contributed by atoms with van der Waals surface area (Å²) < 4.78 is 0. The third-order valence-electron chi connectivity index (χ3n) is 6.80. The van der Waals surface area contributed by atoms with Crippen molar-refractivity contribution in [3.05, 3.63) is 60.7 Å². The van der Waals surface area contributed by atoms with E-state index in [9.17, 15) is 9.90 Å². The Hall–Kier alpha value is -3.47. The van der Waals surface area contributed by atoms with E-state index in [-0.39, 0.29) is 13.0 Å². The van der Waals surface area contributed by atoms with Gasteiger partial charge in [-0.25, -0.2) is 4.98 Å². The number of aromatic amines is 1. The Morgan fingerprint density at radius 1 is 1.26 bits per heavy atom. The minimum atomic E-state index is -0.863. The molecule has 0 bridgehead atoms. The van der Waals surface area contributed by atoms with Gasteiger partial charge in [0.05, 0.1) is 40.8 Å². The lowest BCUT2D eigenvalue weighted by Gasteiger charge is -2.19. The molecule has 5 rings (SSSR count). The maximum atomic E-state index is 11.2. The fourth-order valence-electron chi connectivity index (χ4n) is 4.85. The molecule has 0 radical (unpaired) electrons. The van der Waals surface area contributed by atoms with Crippen molar-refractivity contribution in [3.8, 4) is 22.6 Å². The second kappa shape index (κ2) is 11.9. The number of hydrogen-bond acceptors (Lipinski definition) is 8. The van der Waals surface area contributed by atoms with Crippen molar-refractivity contribution in [3.63, 3.8) is 0 Å². The Morgan fingerprint density at radius 3 is 2.97 bits per heavy atom. The Morgan fingerprint density at radius 2 is 2.16 bits per heavy atom. The summed E-state index contributed by atoms with van der Waals surface area (Å²) >= 11 is 1.38. The second-order valence-electron chi connectivity index (χ2n) is 9.49. The van der Waals surface area contributed by atoms with E-state index >= 15 is 0 Å². The molecule has 2 atom stereocenters. The summed E-state index contributed by atoms with van der Waals surface area (Å²) in [5, 5.41) is 22.3. The summed E-state index contributed by atoms with van der Waals surface area (Å²) in [6.45, 7) is 4.41. The first-order valence-electron chi connectivity index (χ1n) is 12.8. The van der Waals surface area contributed by atoms with Crippen LogP contribution >= 0.6 is 11.8 Å². The number of imidazole rings is 1. The molecular formula is C28H32N6O3S. The van der Waals surface area contributed by atoms with Gasteiger partial charge < -0.3 is 25.4 Å². The Bertz CT molecular complexity index is 1410. The van der Waals surface area contributed by atoms with Gasteiger partial charge in [-0.2, -0.15) is 0 Å². The van der Waals surface area contributed by atoms with Gasteiger partial charge in [-0.15, -0.1) is 11.8 Å². The van der Waals surface area contributed by atoms with Crippen LogP contribution in [0.3, 0.4) is 0 Å². The summed E-state index contributed by atoms with van der Waals surface area (Å²) in [6.07, 6.45) is 4.93. The standard InChI is InChI=1S/C28H32N6O3S/c1-18-3-2-4-24(33-18)27-26(31-17-32-27)19-5-6-23-20(13-19)14-22(15-30-23)34-10-7-21(16-34)29-9-12-38-25(8-11-35)28(36)37/h2-6,13-15,17,21,25,29,35H,7-12,16H2,1H3,(H,31,32)(H,36,37). The number of aryl methyl sites for hydroxylation is 1. The van der Waals surface area contributed by atoms with Crippen LogP contribution in [0.4, 0.5) is 5.69 Å². The number of nitrogens with one attached hydrogen (secondary N) is 2. The van der Waals surface area contributed by atoms with E-state index in [1.165, 1.54) is 11.8 Å². The van der Waals surface area contributed by atoms with E-state index in [2.05, 4.69) is 37.3 Å². The van der Waals surface area contributed by atoms with Crippen LogP contribution < -0.4 is 10.2 Å². The van der Waals surface area contributed by atoms with Crippen molar-refractivity contribution in [1.82, 2.24) is 25.3 Å². The van der Waals surface area contributed by atoms with E-state index in [4.69, 9.17) is 10.1 Å². The zero-order valence-electron chi connectivity index (χ0n) is 21.3.